The summed E-state index contributed by atoms with van der Waals surface area (Å²) in [6.07, 6.45) is 7.20. The quantitative estimate of drug-likeness (QED) is 0.820. The van der Waals surface area contributed by atoms with Crippen molar-refractivity contribution in [3.8, 4) is 5.75 Å². The average Bonchev–Trinajstić information content (AvgIpc) is 3.23. The van der Waals surface area contributed by atoms with Crippen LogP contribution < -0.4 is 4.74 Å². The van der Waals surface area contributed by atoms with Gasteiger partial charge in [0.25, 0.3) is 0 Å². The van der Waals surface area contributed by atoms with Crippen LogP contribution in [0, 0.1) is 6.92 Å². The number of aryl methyl sites for hydroxylation is 2. The first kappa shape index (κ1) is 16.6. The van der Waals surface area contributed by atoms with Gasteiger partial charge in [-0.15, -0.1) is 0 Å². The number of benzene rings is 1. The SMILES string of the molecule is COc1ccccc1CCC(=O)N1CCCC1Cn1ccnc1C. The molecule has 1 aromatic carbocycles. The van der Waals surface area contributed by atoms with Gasteiger partial charge in [0.2, 0.25) is 5.91 Å². The van der Waals surface area contributed by atoms with Gasteiger partial charge in [0.05, 0.1) is 7.11 Å². The molecule has 2 heterocycles. The van der Waals surface area contributed by atoms with Crippen LogP contribution in [0.2, 0.25) is 0 Å². The molecule has 5 nitrogen and oxygen atoms in total. The lowest BCUT2D eigenvalue weighted by Crippen LogP contribution is -2.38. The second kappa shape index (κ2) is 7.51. The van der Waals surface area contributed by atoms with Gasteiger partial charge in [-0.25, -0.2) is 4.98 Å². The predicted molar refractivity (Wildman–Crippen MR) is 93.0 cm³/mol. The first-order chi connectivity index (χ1) is 11.7. The molecule has 1 amide bonds. The van der Waals surface area contributed by atoms with E-state index < -0.39 is 0 Å². The molecular weight excluding hydrogens is 302 g/mol. The Labute approximate surface area is 143 Å². The van der Waals surface area contributed by atoms with Crippen molar-refractivity contribution in [1.82, 2.24) is 14.5 Å². The number of nitrogens with zero attached hydrogens (tertiary/aromatic N) is 3. The number of para-hydroxylation sites is 1. The fourth-order valence-electron chi connectivity index (χ4n) is 3.47. The highest BCUT2D eigenvalue weighted by molar-refractivity contribution is 5.77. The zero-order valence-corrected chi connectivity index (χ0v) is 14.4. The molecule has 0 spiro atoms. The average molecular weight is 327 g/mol. The van der Waals surface area contributed by atoms with Gasteiger partial charge in [-0.3, -0.25) is 4.79 Å². The molecule has 128 valence electrons. The first-order valence-electron chi connectivity index (χ1n) is 8.58. The normalized spacial score (nSPS) is 17.2. The number of hydrogen-bond acceptors (Lipinski definition) is 3. The molecule has 1 unspecified atom stereocenters. The van der Waals surface area contributed by atoms with E-state index in [0.717, 1.165) is 49.5 Å². The molecule has 0 radical (unpaired) electrons. The molecule has 1 atom stereocenters. The Bertz CT molecular complexity index is 695. The van der Waals surface area contributed by atoms with Gasteiger partial charge in [-0.05, 0) is 37.8 Å². The summed E-state index contributed by atoms with van der Waals surface area (Å²) >= 11 is 0. The fraction of sp³-hybridized carbons (Fsp3) is 0.474. The molecule has 1 fully saturated rings. The summed E-state index contributed by atoms with van der Waals surface area (Å²) in [5.74, 6) is 2.10. The van der Waals surface area contributed by atoms with Crippen molar-refractivity contribution in [1.29, 1.82) is 0 Å². The number of hydrogen-bond donors (Lipinski definition) is 0. The largest absolute Gasteiger partial charge is 0.496 e. The Hall–Kier alpha value is -2.30. The van der Waals surface area contributed by atoms with Gasteiger partial charge in [0.1, 0.15) is 11.6 Å². The van der Waals surface area contributed by atoms with Crippen LogP contribution in [0.15, 0.2) is 36.7 Å². The summed E-state index contributed by atoms with van der Waals surface area (Å²) in [6.45, 7) is 3.71. The van der Waals surface area contributed by atoms with Crippen LogP contribution in [0.3, 0.4) is 0 Å². The molecule has 0 bridgehead atoms. The Morgan fingerprint density at radius 3 is 2.96 bits per heavy atom. The number of imidazole rings is 1. The van der Waals surface area contributed by atoms with Crippen LogP contribution in [-0.4, -0.2) is 40.1 Å². The number of amides is 1. The third-order valence-electron chi connectivity index (χ3n) is 4.83. The van der Waals surface area contributed by atoms with Crippen molar-refractivity contribution in [3.05, 3.63) is 48.0 Å². The van der Waals surface area contributed by atoms with E-state index >= 15 is 0 Å². The monoisotopic (exact) mass is 327 g/mol. The maximum Gasteiger partial charge on any atom is 0.223 e. The van der Waals surface area contributed by atoms with Crippen molar-refractivity contribution < 1.29 is 9.53 Å². The number of carbonyl (C=O) groups excluding carboxylic acids is 1. The second-order valence-electron chi connectivity index (χ2n) is 6.32. The minimum absolute atomic E-state index is 0.237. The molecule has 1 saturated heterocycles. The maximum atomic E-state index is 12.7. The van der Waals surface area contributed by atoms with Crippen LogP contribution in [0.1, 0.15) is 30.7 Å². The second-order valence-corrected chi connectivity index (χ2v) is 6.32. The van der Waals surface area contributed by atoms with Crippen molar-refractivity contribution in [2.45, 2.75) is 45.2 Å². The highest BCUT2D eigenvalue weighted by atomic mass is 16.5. The van der Waals surface area contributed by atoms with Crippen LogP contribution in [0.25, 0.3) is 0 Å². The molecule has 0 N–H and O–H groups in total. The maximum absolute atomic E-state index is 12.7. The molecular formula is C19H25N3O2. The van der Waals surface area contributed by atoms with Gasteiger partial charge in [0, 0.05) is 37.9 Å². The topological polar surface area (TPSA) is 47.4 Å². The summed E-state index contributed by atoms with van der Waals surface area (Å²) < 4.78 is 7.51. The molecule has 2 aromatic rings. The van der Waals surface area contributed by atoms with Crippen LogP contribution >= 0.6 is 0 Å². The molecule has 24 heavy (non-hydrogen) atoms. The fourth-order valence-corrected chi connectivity index (χ4v) is 3.47. The summed E-state index contributed by atoms with van der Waals surface area (Å²) in [4.78, 5) is 19.0. The third kappa shape index (κ3) is 3.61. The lowest BCUT2D eigenvalue weighted by atomic mass is 10.1. The van der Waals surface area contributed by atoms with E-state index in [1.807, 2.05) is 43.6 Å². The number of carbonyl (C=O) groups is 1. The lowest BCUT2D eigenvalue weighted by Gasteiger charge is -2.25. The lowest BCUT2D eigenvalue weighted by molar-refractivity contribution is -0.132. The van der Waals surface area contributed by atoms with Crippen molar-refractivity contribution in [2.24, 2.45) is 0 Å². The summed E-state index contributed by atoms with van der Waals surface area (Å²) in [7, 11) is 1.67. The number of ether oxygens (including phenoxy) is 1. The van der Waals surface area contributed by atoms with E-state index in [4.69, 9.17) is 4.74 Å². The number of rotatable bonds is 6. The van der Waals surface area contributed by atoms with Gasteiger partial charge < -0.3 is 14.2 Å². The van der Waals surface area contributed by atoms with E-state index in [0.29, 0.717) is 6.42 Å². The zero-order chi connectivity index (χ0) is 16.9. The van der Waals surface area contributed by atoms with E-state index in [-0.39, 0.29) is 11.9 Å². The summed E-state index contributed by atoms with van der Waals surface area (Å²) in [5, 5.41) is 0. The standard InChI is InChI=1S/C19H25N3O2/c1-15-20-11-13-21(15)14-17-7-5-12-22(17)19(23)10-9-16-6-3-4-8-18(16)24-2/h3-4,6,8,11,13,17H,5,7,9-10,12,14H2,1-2H3. The van der Waals surface area contributed by atoms with E-state index in [1.165, 1.54) is 0 Å². The molecule has 1 aliphatic heterocycles. The first-order valence-corrected chi connectivity index (χ1v) is 8.58. The molecule has 1 aromatic heterocycles. The Balaban J connectivity index is 1.60. The van der Waals surface area contributed by atoms with Gasteiger partial charge >= 0.3 is 0 Å². The van der Waals surface area contributed by atoms with Crippen molar-refractivity contribution in [3.63, 3.8) is 0 Å². The molecule has 5 heteroatoms. The zero-order valence-electron chi connectivity index (χ0n) is 14.4. The van der Waals surface area contributed by atoms with Gasteiger partial charge in [0.15, 0.2) is 0 Å². The van der Waals surface area contributed by atoms with Crippen molar-refractivity contribution in [2.75, 3.05) is 13.7 Å². The molecule has 0 saturated carbocycles. The van der Waals surface area contributed by atoms with Crippen LogP contribution in [-0.2, 0) is 17.8 Å². The highest BCUT2D eigenvalue weighted by Gasteiger charge is 2.28. The Morgan fingerprint density at radius 2 is 2.21 bits per heavy atom. The molecule has 1 aliphatic rings. The van der Waals surface area contributed by atoms with E-state index in [2.05, 4.69) is 14.5 Å². The summed E-state index contributed by atoms with van der Waals surface area (Å²) in [5.41, 5.74) is 1.09. The van der Waals surface area contributed by atoms with E-state index in [9.17, 15) is 4.79 Å². The van der Waals surface area contributed by atoms with Gasteiger partial charge in [-0.2, -0.15) is 0 Å². The summed E-state index contributed by atoms with van der Waals surface area (Å²) in [6, 6.07) is 8.20. The smallest absolute Gasteiger partial charge is 0.223 e. The minimum Gasteiger partial charge on any atom is -0.496 e. The third-order valence-corrected chi connectivity index (χ3v) is 4.83. The van der Waals surface area contributed by atoms with Crippen LogP contribution in [0.4, 0.5) is 0 Å². The van der Waals surface area contributed by atoms with E-state index in [1.54, 1.807) is 7.11 Å². The molecule has 3 rings (SSSR count). The number of aromatic nitrogens is 2. The Kier molecular flexibility index (Phi) is 5.18. The Morgan fingerprint density at radius 1 is 1.38 bits per heavy atom. The molecule has 0 aliphatic carbocycles. The predicted octanol–water partition coefficient (Wildman–Crippen LogP) is 2.82. The van der Waals surface area contributed by atoms with Crippen LogP contribution in [0.5, 0.6) is 5.75 Å². The number of methoxy groups -OCH3 is 1. The van der Waals surface area contributed by atoms with Gasteiger partial charge in [-0.1, -0.05) is 18.2 Å². The van der Waals surface area contributed by atoms with Crippen molar-refractivity contribution >= 4 is 5.91 Å². The minimum atomic E-state index is 0.237. The highest BCUT2D eigenvalue weighted by Crippen LogP contribution is 2.23. The number of likely N-dealkylation sites (tertiary alicyclic amines) is 1.